The molecular formula is C21H26N2O2. The number of carbonyl (C=O) groups is 1. The SMILES string of the molecule is CCc1cccc(OCC(=O)N2CC(C)N(CC)c3ccccc32)c1. The zero-order valence-electron chi connectivity index (χ0n) is 15.2. The Hall–Kier alpha value is -2.49. The lowest BCUT2D eigenvalue weighted by Gasteiger charge is -2.41. The number of amides is 1. The second-order valence-corrected chi connectivity index (χ2v) is 6.42. The van der Waals surface area contributed by atoms with Crippen LogP contribution in [0.5, 0.6) is 5.75 Å². The minimum absolute atomic E-state index is 0.00282. The number of aryl methyl sites for hydroxylation is 1. The van der Waals surface area contributed by atoms with Gasteiger partial charge in [0, 0.05) is 19.1 Å². The molecule has 4 heteroatoms. The minimum Gasteiger partial charge on any atom is -0.484 e. The summed E-state index contributed by atoms with van der Waals surface area (Å²) in [5.74, 6) is 0.748. The first kappa shape index (κ1) is 17.3. The van der Waals surface area contributed by atoms with E-state index in [1.54, 1.807) is 0 Å². The Morgan fingerprint density at radius 3 is 2.60 bits per heavy atom. The van der Waals surface area contributed by atoms with Crippen molar-refractivity contribution in [3.63, 3.8) is 0 Å². The van der Waals surface area contributed by atoms with Crippen molar-refractivity contribution in [2.24, 2.45) is 0 Å². The summed E-state index contributed by atoms with van der Waals surface area (Å²) in [7, 11) is 0. The van der Waals surface area contributed by atoms with Gasteiger partial charge in [-0.25, -0.2) is 0 Å². The number of likely N-dealkylation sites (N-methyl/N-ethyl adjacent to an activating group) is 1. The summed E-state index contributed by atoms with van der Waals surface area (Å²) in [5.41, 5.74) is 3.30. The van der Waals surface area contributed by atoms with E-state index >= 15 is 0 Å². The van der Waals surface area contributed by atoms with Crippen LogP contribution >= 0.6 is 0 Å². The lowest BCUT2D eigenvalue weighted by Crippen LogP contribution is -2.50. The van der Waals surface area contributed by atoms with E-state index in [2.05, 4.69) is 37.8 Å². The fraction of sp³-hybridized carbons (Fsp3) is 0.381. The molecule has 25 heavy (non-hydrogen) atoms. The van der Waals surface area contributed by atoms with Crippen molar-refractivity contribution in [2.75, 3.05) is 29.5 Å². The fourth-order valence-corrected chi connectivity index (χ4v) is 3.43. The number of nitrogens with zero attached hydrogens (tertiary/aromatic N) is 2. The number of fused-ring (bicyclic) bond motifs is 1. The van der Waals surface area contributed by atoms with Crippen molar-refractivity contribution < 1.29 is 9.53 Å². The van der Waals surface area contributed by atoms with Crippen LogP contribution in [0.15, 0.2) is 48.5 Å². The van der Waals surface area contributed by atoms with E-state index in [1.807, 2.05) is 41.3 Å². The molecule has 0 N–H and O–H groups in total. The second kappa shape index (κ2) is 7.60. The number of rotatable bonds is 5. The van der Waals surface area contributed by atoms with Gasteiger partial charge in [0.15, 0.2) is 6.61 Å². The van der Waals surface area contributed by atoms with Crippen LogP contribution in [0.3, 0.4) is 0 Å². The highest BCUT2D eigenvalue weighted by Crippen LogP contribution is 2.35. The Labute approximate surface area is 150 Å². The number of hydrogen-bond donors (Lipinski definition) is 0. The van der Waals surface area contributed by atoms with E-state index < -0.39 is 0 Å². The molecule has 2 aromatic carbocycles. The summed E-state index contributed by atoms with van der Waals surface area (Å²) in [6.07, 6.45) is 0.953. The predicted molar refractivity (Wildman–Crippen MR) is 103 cm³/mol. The van der Waals surface area contributed by atoms with Crippen molar-refractivity contribution in [2.45, 2.75) is 33.2 Å². The van der Waals surface area contributed by atoms with E-state index in [0.29, 0.717) is 6.54 Å². The number of anilines is 2. The smallest absolute Gasteiger partial charge is 0.265 e. The lowest BCUT2D eigenvalue weighted by atomic mass is 10.1. The van der Waals surface area contributed by atoms with Gasteiger partial charge in [-0.05, 0) is 50.1 Å². The van der Waals surface area contributed by atoms with Crippen LogP contribution in [0.2, 0.25) is 0 Å². The first-order valence-corrected chi connectivity index (χ1v) is 9.01. The molecule has 1 aliphatic rings. The standard InChI is InChI=1S/C21H26N2O2/c1-4-17-9-8-10-18(13-17)25-15-21(24)23-14-16(3)22(5-2)19-11-6-7-12-20(19)23/h6-13,16H,4-5,14-15H2,1-3H3. The van der Waals surface area contributed by atoms with Crippen molar-refractivity contribution >= 4 is 17.3 Å². The molecule has 0 saturated carbocycles. The maximum Gasteiger partial charge on any atom is 0.265 e. The third-order valence-corrected chi connectivity index (χ3v) is 4.77. The van der Waals surface area contributed by atoms with Gasteiger partial charge < -0.3 is 14.5 Å². The zero-order chi connectivity index (χ0) is 17.8. The number of benzene rings is 2. The Morgan fingerprint density at radius 1 is 1.12 bits per heavy atom. The van der Waals surface area contributed by atoms with Gasteiger partial charge in [-0.15, -0.1) is 0 Å². The van der Waals surface area contributed by atoms with Crippen LogP contribution in [-0.4, -0.2) is 31.6 Å². The first-order valence-electron chi connectivity index (χ1n) is 9.01. The number of hydrogen-bond acceptors (Lipinski definition) is 3. The molecule has 0 radical (unpaired) electrons. The molecule has 0 bridgehead atoms. The highest BCUT2D eigenvalue weighted by atomic mass is 16.5. The topological polar surface area (TPSA) is 32.8 Å². The van der Waals surface area contributed by atoms with Crippen molar-refractivity contribution in [1.29, 1.82) is 0 Å². The molecule has 3 rings (SSSR count). The average molecular weight is 338 g/mol. The van der Waals surface area contributed by atoms with Gasteiger partial charge in [-0.1, -0.05) is 31.2 Å². The Morgan fingerprint density at radius 2 is 1.88 bits per heavy atom. The molecule has 1 atom stereocenters. The van der Waals surface area contributed by atoms with Crippen LogP contribution in [0, 0.1) is 0 Å². The molecule has 0 aromatic heterocycles. The summed E-state index contributed by atoms with van der Waals surface area (Å²) in [6, 6.07) is 16.3. The lowest BCUT2D eigenvalue weighted by molar-refractivity contribution is -0.120. The molecule has 2 aromatic rings. The van der Waals surface area contributed by atoms with Gasteiger partial charge in [0.1, 0.15) is 5.75 Å². The van der Waals surface area contributed by atoms with Crippen LogP contribution in [0.1, 0.15) is 26.3 Å². The highest BCUT2D eigenvalue weighted by Gasteiger charge is 2.30. The average Bonchev–Trinajstić information content (AvgIpc) is 2.65. The Bertz CT molecular complexity index is 744. The number of carbonyl (C=O) groups excluding carboxylic acids is 1. The van der Waals surface area contributed by atoms with Crippen molar-refractivity contribution in [3.05, 3.63) is 54.1 Å². The molecule has 1 aliphatic heterocycles. The summed E-state index contributed by atoms with van der Waals surface area (Å²) in [6.45, 7) is 8.08. The van der Waals surface area contributed by atoms with Crippen molar-refractivity contribution in [3.8, 4) is 5.75 Å². The molecule has 0 spiro atoms. The molecule has 0 saturated heterocycles. The van der Waals surface area contributed by atoms with Gasteiger partial charge in [0.2, 0.25) is 0 Å². The normalized spacial score (nSPS) is 16.5. The van der Waals surface area contributed by atoms with E-state index in [0.717, 1.165) is 30.1 Å². The monoisotopic (exact) mass is 338 g/mol. The van der Waals surface area contributed by atoms with E-state index in [1.165, 1.54) is 5.56 Å². The number of para-hydroxylation sites is 2. The van der Waals surface area contributed by atoms with Crippen LogP contribution < -0.4 is 14.5 Å². The molecule has 1 amide bonds. The van der Waals surface area contributed by atoms with Crippen LogP contribution in [0.25, 0.3) is 0 Å². The van der Waals surface area contributed by atoms with Crippen LogP contribution in [-0.2, 0) is 11.2 Å². The van der Waals surface area contributed by atoms with Gasteiger partial charge in [-0.3, -0.25) is 4.79 Å². The first-order chi connectivity index (χ1) is 12.1. The molecule has 0 fully saturated rings. The molecule has 0 aliphatic carbocycles. The third-order valence-electron chi connectivity index (χ3n) is 4.77. The van der Waals surface area contributed by atoms with Gasteiger partial charge in [0.05, 0.1) is 11.4 Å². The number of ether oxygens (including phenoxy) is 1. The van der Waals surface area contributed by atoms with Gasteiger partial charge in [0.25, 0.3) is 5.91 Å². The molecule has 132 valence electrons. The second-order valence-electron chi connectivity index (χ2n) is 6.42. The molecule has 4 nitrogen and oxygen atoms in total. The van der Waals surface area contributed by atoms with Gasteiger partial charge in [-0.2, -0.15) is 0 Å². The predicted octanol–water partition coefficient (Wildman–Crippen LogP) is 3.89. The summed E-state index contributed by atoms with van der Waals surface area (Å²) < 4.78 is 5.76. The Balaban J connectivity index is 1.75. The Kier molecular flexibility index (Phi) is 5.27. The van der Waals surface area contributed by atoms with Crippen LogP contribution in [0.4, 0.5) is 11.4 Å². The highest BCUT2D eigenvalue weighted by molar-refractivity contribution is 5.99. The zero-order valence-corrected chi connectivity index (χ0v) is 15.2. The molecule has 1 unspecified atom stereocenters. The summed E-state index contributed by atoms with van der Waals surface area (Å²) in [4.78, 5) is 17.0. The quantitative estimate of drug-likeness (QED) is 0.829. The largest absolute Gasteiger partial charge is 0.484 e. The van der Waals surface area contributed by atoms with Crippen molar-refractivity contribution in [1.82, 2.24) is 0 Å². The summed E-state index contributed by atoms with van der Waals surface area (Å²) in [5, 5.41) is 0. The molecule has 1 heterocycles. The maximum atomic E-state index is 12.8. The van der Waals surface area contributed by atoms with E-state index in [4.69, 9.17) is 4.74 Å². The van der Waals surface area contributed by atoms with E-state index in [9.17, 15) is 4.79 Å². The van der Waals surface area contributed by atoms with Gasteiger partial charge >= 0.3 is 0 Å². The van der Waals surface area contributed by atoms with E-state index in [-0.39, 0.29) is 18.6 Å². The molecular weight excluding hydrogens is 312 g/mol. The summed E-state index contributed by atoms with van der Waals surface area (Å²) >= 11 is 0. The fourth-order valence-electron chi connectivity index (χ4n) is 3.43. The minimum atomic E-state index is -0.00282. The third kappa shape index (κ3) is 3.63. The maximum absolute atomic E-state index is 12.8.